The number of aromatic nitrogens is 2. The second kappa shape index (κ2) is 6.05. The molecule has 5 nitrogen and oxygen atoms in total. The molecule has 0 atom stereocenters. The van der Waals surface area contributed by atoms with Crippen LogP contribution < -0.4 is 5.32 Å². The number of hydrogen-bond acceptors (Lipinski definition) is 5. The number of esters is 1. The van der Waals surface area contributed by atoms with Gasteiger partial charge in [0, 0.05) is 12.7 Å². The monoisotopic (exact) mass is 223 g/mol. The van der Waals surface area contributed by atoms with Gasteiger partial charge in [-0.3, -0.25) is 0 Å². The van der Waals surface area contributed by atoms with Gasteiger partial charge in [0.1, 0.15) is 5.82 Å². The smallest absolute Gasteiger partial charge is 0.376 e. The van der Waals surface area contributed by atoms with Gasteiger partial charge in [-0.05, 0) is 18.9 Å². The molecule has 0 aliphatic rings. The molecule has 0 bridgehead atoms. The van der Waals surface area contributed by atoms with Crippen LogP contribution in [0.15, 0.2) is 12.3 Å². The maximum atomic E-state index is 11.4. The summed E-state index contributed by atoms with van der Waals surface area (Å²) < 4.78 is 4.82. The number of carbonyl (C=O) groups excluding carboxylic acids is 1. The third-order valence-electron chi connectivity index (χ3n) is 1.81. The van der Waals surface area contributed by atoms with Crippen molar-refractivity contribution in [2.24, 2.45) is 5.92 Å². The Kier molecular flexibility index (Phi) is 4.69. The first-order chi connectivity index (χ1) is 7.63. The SMILES string of the molecule is CCOC(=O)c1nccc(NCC(C)C)n1. The second-order valence-electron chi connectivity index (χ2n) is 3.76. The molecule has 88 valence electrons. The Hall–Kier alpha value is -1.65. The summed E-state index contributed by atoms with van der Waals surface area (Å²) in [6, 6.07) is 1.73. The van der Waals surface area contributed by atoms with Crippen molar-refractivity contribution < 1.29 is 9.53 Å². The topological polar surface area (TPSA) is 64.1 Å². The van der Waals surface area contributed by atoms with Crippen molar-refractivity contribution in [3.05, 3.63) is 18.1 Å². The molecule has 0 aliphatic carbocycles. The maximum absolute atomic E-state index is 11.4. The molecular weight excluding hydrogens is 206 g/mol. The lowest BCUT2D eigenvalue weighted by atomic mass is 10.2. The Bertz CT molecular complexity index is 353. The number of ether oxygens (including phenoxy) is 1. The van der Waals surface area contributed by atoms with E-state index < -0.39 is 5.97 Å². The molecule has 1 rings (SSSR count). The zero-order valence-electron chi connectivity index (χ0n) is 9.86. The summed E-state index contributed by atoms with van der Waals surface area (Å²) >= 11 is 0. The van der Waals surface area contributed by atoms with Crippen molar-refractivity contribution in [3.63, 3.8) is 0 Å². The lowest BCUT2D eigenvalue weighted by Crippen LogP contribution is -2.13. The van der Waals surface area contributed by atoms with E-state index >= 15 is 0 Å². The summed E-state index contributed by atoms with van der Waals surface area (Å²) in [5.74, 6) is 0.763. The summed E-state index contributed by atoms with van der Waals surface area (Å²) in [6.07, 6.45) is 1.54. The Morgan fingerprint density at radius 2 is 2.31 bits per heavy atom. The highest BCUT2D eigenvalue weighted by atomic mass is 16.5. The minimum Gasteiger partial charge on any atom is -0.460 e. The van der Waals surface area contributed by atoms with Gasteiger partial charge >= 0.3 is 5.97 Å². The van der Waals surface area contributed by atoms with Crippen LogP contribution in [0.3, 0.4) is 0 Å². The minimum absolute atomic E-state index is 0.0932. The summed E-state index contributed by atoms with van der Waals surface area (Å²) in [5, 5.41) is 3.12. The fourth-order valence-corrected chi connectivity index (χ4v) is 1.06. The molecule has 0 saturated carbocycles. The molecule has 1 aromatic rings. The van der Waals surface area contributed by atoms with Gasteiger partial charge in [-0.2, -0.15) is 0 Å². The van der Waals surface area contributed by atoms with Crippen LogP contribution in [0.1, 0.15) is 31.4 Å². The van der Waals surface area contributed by atoms with Gasteiger partial charge in [0.2, 0.25) is 5.82 Å². The zero-order valence-corrected chi connectivity index (χ0v) is 9.86. The number of hydrogen-bond donors (Lipinski definition) is 1. The minimum atomic E-state index is -0.490. The summed E-state index contributed by atoms with van der Waals surface area (Å²) in [6.45, 7) is 7.07. The first kappa shape index (κ1) is 12.4. The highest BCUT2D eigenvalue weighted by Crippen LogP contribution is 2.04. The van der Waals surface area contributed by atoms with Crippen LogP contribution in [0, 0.1) is 5.92 Å². The third-order valence-corrected chi connectivity index (χ3v) is 1.81. The first-order valence-electron chi connectivity index (χ1n) is 5.37. The van der Waals surface area contributed by atoms with Crippen LogP contribution in [-0.4, -0.2) is 29.1 Å². The highest BCUT2D eigenvalue weighted by molar-refractivity contribution is 5.85. The normalized spacial score (nSPS) is 10.2. The molecule has 0 aromatic carbocycles. The van der Waals surface area contributed by atoms with E-state index in [9.17, 15) is 4.79 Å². The number of nitrogens with zero attached hydrogens (tertiary/aromatic N) is 2. The molecule has 1 N–H and O–H groups in total. The lowest BCUT2D eigenvalue weighted by molar-refractivity contribution is 0.0512. The van der Waals surface area contributed by atoms with E-state index in [0.29, 0.717) is 18.3 Å². The second-order valence-corrected chi connectivity index (χ2v) is 3.76. The van der Waals surface area contributed by atoms with Crippen LogP contribution in [0.5, 0.6) is 0 Å². The van der Waals surface area contributed by atoms with E-state index in [4.69, 9.17) is 4.74 Å². The van der Waals surface area contributed by atoms with Crippen LogP contribution >= 0.6 is 0 Å². The fourth-order valence-electron chi connectivity index (χ4n) is 1.06. The highest BCUT2D eigenvalue weighted by Gasteiger charge is 2.10. The van der Waals surface area contributed by atoms with E-state index in [1.165, 1.54) is 0 Å². The molecule has 5 heteroatoms. The number of anilines is 1. The number of carbonyl (C=O) groups is 1. The van der Waals surface area contributed by atoms with Gasteiger partial charge in [-0.15, -0.1) is 0 Å². The molecule has 0 saturated heterocycles. The van der Waals surface area contributed by atoms with Gasteiger partial charge in [-0.25, -0.2) is 14.8 Å². The predicted molar refractivity (Wildman–Crippen MR) is 61.3 cm³/mol. The molecule has 0 amide bonds. The molecule has 1 aromatic heterocycles. The van der Waals surface area contributed by atoms with Gasteiger partial charge in [0.05, 0.1) is 6.61 Å². The number of nitrogens with one attached hydrogen (secondary N) is 1. The van der Waals surface area contributed by atoms with E-state index in [1.807, 2.05) is 0 Å². The Labute approximate surface area is 95.3 Å². The van der Waals surface area contributed by atoms with Crippen molar-refractivity contribution in [2.75, 3.05) is 18.5 Å². The standard InChI is InChI=1S/C11H17N3O2/c1-4-16-11(15)10-12-6-5-9(14-10)13-7-8(2)3/h5-6,8H,4,7H2,1-3H3,(H,12,13,14). The van der Waals surface area contributed by atoms with Gasteiger partial charge in [-0.1, -0.05) is 13.8 Å². The maximum Gasteiger partial charge on any atom is 0.376 e. The molecule has 0 unspecified atom stereocenters. The first-order valence-corrected chi connectivity index (χ1v) is 5.37. The average Bonchev–Trinajstić information content (AvgIpc) is 2.27. The molecule has 16 heavy (non-hydrogen) atoms. The zero-order chi connectivity index (χ0) is 12.0. The quantitative estimate of drug-likeness (QED) is 0.770. The summed E-state index contributed by atoms with van der Waals surface area (Å²) in [5.41, 5.74) is 0. The Balaban J connectivity index is 2.67. The predicted octanol–water partition coefficient (Wildman–Crippen LogP) is 1.72. The van der Waals surface area contributed by atoms with Crippen LogP contribution in [0.25, 0.3) is 0 Å². The molecule has 1 heterocycles. The van der Waals surface area contributed by atoms with E-state index in [0.717, 1.165) is 6.54 Å². The van der Waals surface area contributed by atoms with Crippen molar-refractivity contribution in [2.45, 2.75) is 20.8 Å². The average molecular weight is 223 g/mol. The van der Waals surface area contributed by atoms with Crippen LogP contribution in [0.4, 0.5) is 5.82 Å². The Morgan fingerprint density at radius 1 is 1.56 bits per heavy atom. The van der Waals surface area contributed by atoms with Gasteiger partial charge < -0.3 is 10.1 Å². The van der Waals surface area contributed by atoms with Gasteiger partial charge in [0.15, 0.2) is 0 Å². The van der Waals surface area contributed by atoms with Crippen molar-refractivity contribution in [1.29, 1.82) is 0 Å². The molecule has 0 fully saturated rings. The van der Waals surface area contributed by atoms with Crippen LogP contribution in [0.2, 0.25) is 0 Å². The Morgan fingerprint density at radius 3 is 2.94 bits per heavy atom. The summed E-state index contributed by atoms with van der Waals surface area (Å²) in [7, 11) is 0. The molecular formula is C11H17N3O2. The molecule has 0 radical (unpaired) electrons. The van der Waals surface area contributed by atoms with Crippen LogP contribution in [-0.2, 0) is 4.74 Å². The summed E-state index contributed by atoms with van der Waals surface area (Å²) in [4.78, 5) is 19.3. The largest absolute Gasteiger partial charge is 0.460 e. The van der Waals surface area contributed by atoms with E-state index in [1.54, 1.807) is 19.2 Å². The lowest BCUT2D eigenvalue weighted by Gasteiger charge is -2.08. The molecule has 0 spiro atoms. The third kappa shape index (κ3) is 3.84. The van der Waals surface area contributed by atoms with E-state index in [-0.39, 0.29) is 5.82 Å². The molecule has 0 aliphatic heterocycles. The number of rotatable bonds is 5. The van der Waals surface area contributed by atoms with Gasteiger partial charge in [0.25, 0.3) is 0 Å². The van der Waals surface area contributed by atoms with Crippen molar-refractivity contribution in [3.8, 4) is 0 Å². The van der Waals surface area contributed by atoms with E-state index in [2.05, 4.69) is 29.1 Å². The van der Waals surface area contributed by atoms with Crippen molar-refractivity contribution in [1.82, 2.24) is 9.97 Å². The fraction of sp³-hybridized carbons (Fsp3) is 0.545. The van der Waals surface area contributed by atoms with Crippen molar-refractivity contribution >= 4 is 11.8 Å².